The molecule has 0 unspecified atom stereocenters. The van der Waals surface area contributed by atoms with E-state index in [-0.39, 0.29) is 35.7 Å². The van der Waals surface area contributed by atoms with E-state index in [1.807, 2.05) is 18.2 Å². The highest BCUT2D eigenvalue weighted by atomic mass is 19.3. The molecular formula is C21H19F2N3O3. The summed E-state index contributed by atoms with van der Waals surface area (Å²) in [5, 5.41) is 11.6. The molecule has 6 nitrogen and oxygen atoms in total. The molecule has 1 aromatic heterocycles. The van der Waals surface area contributed by atoms with E-state index in [0.29, 0.717) is 0 Å². The molecule has 1 saturated carbocycles. The van der Waals surface area contributed by atoms with Crippen molar-refractivity contribution in [2.45, 2.75) is 37.8 Å². The standard InChI is InChI=1S/C21H19F2N3O3/c1-2-6-16(14-27)18-9-10-19(26(28)29)20(24-18)25(17-11-21(22,23)12-17)13-15-7-4-3-5-8-15/h2-5,7-10,17H,1,6,11-13H2. The lowest BCUT2D eigenvalue weighted by atomic mass is 9.86. The fourth-order valence-corrected chi connectivity index (χ4v) is 3.31. The van der Waals surface area contributed by atoms with Crippen LogP contribution in [0.5, 0.6) is 0 Å². The Balaban J connectivity index is 2.08. The van der Waals surface area contributed by atoms with Gasteiger partial charge in [-0.15, -0.1) is 6.58 Å². The zero-order chi connectivity index (χ0) is 21.0. The molecule has 1 fully saturated rings. The Kier molecular flexibility index (Phi) is 5.84. The number of allylic oxidation sites excluding steroid dienone is 2. The van der Waals surface area contributed by atoms with Gasteiger partial charge in [-0.05, 0) is 11.6 Å². The first-order valence-corrected chi connectivity index (χ1v) is 9.03. The van der Waals surface area contributed by atoms with Crippen molar-refractivity contribution < 1.29 is 18.5 Å². The first-order valence-electron chi connectivity index (χ1n) is 9.03. The van der Waals surface area contributed by atoms with E-state index in [1.165, 1.54) is 23.1 Å². The zero-order valence-electron chi connectivity index (χ0n) is 15.6. The number of alkyl halides is 2. The van der Waals surface area contributed by atoms with Crippen LogP contribution >= 0.6 is 0 Å². The fraction of sp³-hybridized carbons (Fsp3) is 0.286. The van der Waals surface area contributed by atoms with Gasteiger partial charge in [-0.25, -0.2) is 18.6 Å². The summed E-state index contributed by atoms with van der Waals surface area (Å²) in [6.45, 7) is 3.75. The molecule has 0 amide bonds. The van der Waals surface area contributed by atoms with Crippen LogP contribution in [0.1, 0.15) is 30.5 Å². The lowest BCUT2D eigenvalue weighted by molar-refractivity contribution is -0.384. The van der Waals surface area contributed by atoms with Crippen LogP contribution in [0.15, 0.2) is 55.1 Å². The van der Waals surface area contributed by atoms with Gasteiger partial charge in [0.2, 0.25) is 5.82 Å². The highest BCUT2D eigenvalue weighted by molar-refractivity contribution is 5.87. The number of nitro groups is 1. The van der Waals surface area contributed by atoms with Crippen LogP contribution < -0.4 is 4.90 Å². The molecule has 0 spiro atoms. The summed E-state index contributed by atoms with van der Waals surface area (Å²) in [6, 6.07) is 11.1. The highest BCUT2D eigenvalue weighted by Crippen LogP contribution is 2.44. The van der Waals surface area contributed by atoms with Crippen LogP contribution in [0.25, 0.3) is 5.57 Å². The minimum Gasteiger partial charge on any atom is -0.343 e. The second-order valence-corrected chi connectivity index (χ2v) is 6.90. The normalized spacial score (nSPS) is 15.1. The number of nitrogens with zero attached hydrogens (tertiary/aromatic N) is 3. The summed E-state index contributed by atoms with van der Waals surface area (Å²) >= 11 is 0. The largest absolute Gasteiger partial charge is 0.343 e. The molecule has 0 radical (unpaired) electrons. The summed E-state index contributed by atoms with van der Waals surface area (Å²) in [4.78, 5) is 28.1. The maximum atomic E-state index is 13.6. The maximum Gasteiger partial charge on any atom is 0.311 e. The fourth-order valence-electron chi connectivity index (χ4n) is 3.31. The predicted molar refractivity (Wildman–Crippen MR) is 105 cm³/mol. The number of hydrogen-bond acceptors (Lipinski definition) is 5. The molecule has 8 heteroatoms. The smallest absolute Gasteiger partial charge is 0.311 e. The lowest BCUT2D eigenvalue weighted by Gasteiger charge is -2.43. The van der Waals surface area contributed by atoms with Crippen molar-refractivity contribution in [1.82, 2.24) is 4.98 Å². The van der Waals surface area contributed by atoms with Crippen molar-refractivity contribution >= 4 is 23.0 Å². The summed E-state index contributed by atoms with van der Waals surface area (Å²) in [5.74, 6) is -1.06. The van der Waals surface area contributed by atoms with Crippen LogP contribution in [0.4, 0.5) is 20.3 Å². The van der Waals surface area contributed by atoms with Gasteiger partial charge < -0.3 is 4.90 Å². The van der Waals surface area contributed by atoms with Gasteiger partial charge in [0.25, 0.3) is 5.92 Å². The van der Waals surface area contributed by atoms with Gasteiger partial charge in [0.15, 0.2) is 0 Å². The number of halogens is 2. The minimum atomic E-state index is -2.80. The van der Waals surface area contributed by atoms with Crippen LogP contribution in [0.3, 0.4) is 0 Å². The van der Waals surface area contributed by atoms with E-state index in [4.69, 9.17) is 0 Å². The van der Waals surface area contributed by atoms with E-state index in [0.717, 1.165) is 5.56 Å². The molecule has 0 aliphatic heterocycles. The van der Waals surface area contributed by atoms with Crippen molar-refractivity contribution in [1.29, 1.82) is 0 Å². The number of hydrogen-bond donors (Lipinski definition) is 0. The van der Waals surface area contributed by atoms with Crippen molar-refractivity contribution in [3.63, 3.8) is 0 Å². The van der Waals surface area contributed by atoms with Gasteiger partial charge in [-0.3, -0.25) is 10.1 Å². The summed E-state index contributed by atoms with van der Waals surface area (Å²) in [7, 11) is 0. The number of pyridine rings is 1. The molecule has 0 N–H and O–H groups in total. The zero-order valence-corrected chi connectivity index (χ0v) is 15.6. The molecule has 150 valence electrons. The Morgan fingerprint density at radius 2 is 2.00 bits per heavy atom. The van der Waals surface area contributed by atoms with Gasteiger partial charge >= 0.3 is 5.69 Å². The van der Waals surface area contributed by atoms with Crippen LogP contribution in [-0.2, 0) is 11.3 Å². The molecule has 3 rings (SSSR count). The maximum absolute atomic E-state index is 13.6. The highest BCUT2D eigenvalue weighted by Gasteiger charge is 2.49. The molecule has 1 aromatic carbocycles. The SMILES string of the molecule is C=CCC(=C=O)c1ccc([N+](=O)[O-])c(N(Cc2ccccc2)C2CC(F)(F)C2)n1. The quantitative estimate of drug-likeness (QED) is 0.281. The third kappa shape index (κ3) is 4.55. The summed E-state index contributed by atoms with van der Waals surface area (Å²) < 4.78 is 27.2. The van der Waals surface area contributed by atoms with E-state index >= 15 is 0 Å². The Morgan fingerprint density at radius 3 is 2.55 bits per heavy atom. The van der Waals surface area contributed by atoms with Gasteiger partial charge in [0.05, 0.1) is 16.2 Å². The van der Waals surface area contributed by atoms with E-state index < -0.39 is 29.7 Å². The van der Waals surface area contributed by atoms with Crippen LogP contribution in [0, 0.1) is 10.1 Å². The molecule has 1 aliphatic carbocycles. The number of anilines is 1. The molecule has 2 aromatic rings. The average molecular weight is 399 g/mol. The predicted octanol–water partition coefficient (Wildman–Crippen LogP) is 4.59. The minimum absolute atomic E-state index is 0.0336. The molecule has 0 saturated heterocycles. The van der Waals surface area contributed by atoms with Gasteiger partial charge in [0, 0.05) is 37.9 Å². The molecule has 1 heterocycles. The Hall–Kier alpha value is -3.38. The van der Waals surface area contributed by atoms with E-state index in [1.54, 1.807) is 18.1 Å². The monoisotopic (exact) mass is 399 g/mol. The molecular weight excluding hydrogens is 380 g/mol. The first kappa shape index (κ1) is 20.4. The molecule has 29 heavy (non-hydrogen) atoms. The second kappa shape index (κ2) is 8.32. The van der Waals surface area contributed by atoms with Crippen molar-refractivity contribution in [2.24, 2.45) is 0 Å². The average Bonchev–Trinajstić information content (AvgIpc) is 2.68. The van der Waals surface area contributed by atoms with Crippen molar-refractivity contribution in [2.75, 3.05) is 4.90 Å². The van der Waals surface area contributed by atoms with E-state index in [9.17, 15) is 23.7 Å². The molecule has 0 bridgehead atoms. The molecule has 0 atom stereocenters. The first-order chi connectivity index (χ1) is 13.8. The number of benzene rings is 1. The number of aromatic nitrogens is 1. The van der Waals surface area contributed by atoms with Crippen LogP contribution in [-0.4, -0.2) is 27.8 Å². The Morgan fingerprint density at radius 1 is 1.31 bits per heavy atom. The third-order valence-electron chi connectivity index (χ3n) is 4.81. The summed E-state index contributed by atoms with van der Waals surface area (Å²) in [5.41, 5.74) is 0.907. The van der Waals surface area contributed by atoms with Crippen molar-refractivity contribution in [3.05, 3.63) is 76.5 Å². The molecule has 1 aliphatic rings. The number of rotatable bonds is 8. The van der Waals surface area contributed by atoms with Crippen molar-refractivity contribution in [3.8, 4) is 0 Å². The number of carbonyl (C=O) groups excluding carboxylic acids is 1. The van der Waals surface area contributed by atoms with Crippen LogP contribution in [0.2, 0.25) is 0 Å². The van der Waals surface area contributed by atoms with Gasteiger partial charge in [0.1, 0.15) is 5.94 Å². The topological polar surface area (TPSA) is 76.3 Å². The van der Waals surface area contributed by atoms with Gasteiger partial charge in [-0.1, -0.05) is 36.4 Å². The second-order valence-electron chi connectivity index (χ2n) is 6.90. The lowest BCUT2D eigenvalue weighted by Crippen LogP contribution is -2.51. The van der Waals surface area contributed by atoms with E-state index in [2.05, 4.69) is 11.6 Å². The van der Waals surface area contributed by atoms with Gasteiger partial charge in [-0.2, -0.15) is 0 Å². The summed E-state index contributed by atoms with van der Waals surface area (Å²) in [6.07, 6.45) is 0.864. The Bertz CT molecular complexity index is 964. The Labute approximate surface area is 166 Å². The third-order valence-corrected chi connectivity index (χ3v) is 4.81.